The molecule has 6 nitrogen and oxygen atoms in total. The van der Waals surface area contributed by atoms with Crippen molar-refractivity contribution in [2.45, 2.75) is 13.3 Å². The van der Waals surface area contributed by atoms with Gasteiger partial charge in [-0.05, 0) is 25.5 Å². The second-order valence-corrected chi connectivity index (χ2v) is 6.42. The topological polar surface area (TPSA) is 76.1 Å². The molecule has 0 spiro atoms. The van der Waals surface area contributed by atoms with Crippen molar-refractivity contribution in [3.8, 4) is 11.4 Å². The first-order valence-corrected chi connectivity index (χ1v) is 9.21. The summed E-state index contributed by atoms with van der Waals surface area (Å²) in [6, 6.07) is 19.3. The lowest BCUT2D eigenvalue weighted by Gasteiger charge is -2.11. The Kier molecular flexibility index (Phi) is 6.70. The molecule has 1 aromatic heterocycles. The third-order valence-corrected chi connectivity index (χ3v) is 4.13. The molecule has 2 N–H and O–H groups in total. The van der Waals surface area contributed by atoms with Crippen LogP contribution in [0.15, 0.2) is 60.7 Å². The average Bonchev–Trinajstić information content (AvgIpc) is 2.73. The van der Waals surface area contributed by atoms with Crippen molar-refractivity contribution in [3.63, 3.8) is 0 Å². The summed E-state index contributed by atoms with van der Waals surface area (Å²) in [5.74, 6) is 0.835. The number of anilines is 2. The van der Waals surface area contributed by atoms with Crippen LogP contribution in [0, 0.1) is 6.92 Å². The molecule has 0 aliphatic heterocycles. The zero-order chi connectivity index (χ0) is 19.8. The number of aryl methyl sites for hydroxylation is 1. The summed E-state index contributed by atoms with van der Waals surface area (Å²) in [4.78, 5) is 21.6. The van der Waals surface area contributed by atoms with Crippen molar-refractivity contribution in [2.24, 2.45) is 0 Å². The lowest BCUT2D eigenvalue weighted by molar-refractivity contribution is 0.0943. The lowest BCUT2D eigenvalue weighted by atomic mass is 10.2. The Labute approximate surface area is 165 Å². The highest BCUT2D eigenvalue weighted by atomic mass is 16.5. The zero-order valence-electron chi connectivity index (χ0n) is 16.1. The van der Waals surface area contributed by atoms with Gasteiger partial charge >= 0.3 is 0 Å². The standard InChI is InChI=1S/C22H24N4O2/c1-16-9-11-18(12-10-16)24-20-15-19(22(27)23-13-6-14-28-2)25-21(26-20)17-7-4-3-5-8-17/h3-5,7-12,15H,6,13-14H2,1-2H3,(H,23,27)(H,24,25,26). The van der Waals surface area contributed by atoms with Gasteiger partial charge in [0.1, 0.15) is 11.5 Å². The fourth-order valence-corrected chi connectivity index (χ4v) is 2.64. The van der Waals surface area contributed by atoms with Gasteiger partial charge in [-0.15, -0.1) is 0 Å². The van der Waals surface area contributed by atoms with Gasteiger partial charge in [0, 0.05) is 37.6 Å². The van der Waals surface area contributed by atoms with Crippen molar-refractivity contribution in [1.29, 1.82) is 0 Å². The molecule has 0 radical (unpaired) electrons. The lowest BCUT2D eigenvalue weighted by Crippen LogP contribution is -2.26. The molecule has 6 heteroatoms. The van der Waals surface area contributed by atoms with Gasteiger partial charge < -0.3 is 15.4 Å². The minimum Gasteiger partial charge on any atom is -0.385 e. The van der Waals surface area contributed by atoms with E-state index in [2.05, 4.69) is 20.6 Å². The maximum absolute atomic E-state index is 12.6. The SMILES string of the molecule is COCCCNC(=O)c1cc(Nc2ccc(C)cc2)nc(-c2ccccc2)n1. The van der Waals surface area contributed by atoms with Crippen molar-refractivity contribution in [3.05, 3.63) is 71.9 Å². The molecule has 144 valence electrons. The number of methoxy groups -OCH3 is 1. The third-order valence-electron chi connectivity index (χ3n) is 4.13. The predicted octanol–water partition coefficient (Wildman–Crippen LogP) is 3.96. The van der Waals surface area contributed by atoms with Crippen LogP contribution in [0.3, 0.4) is 0 Å². The van der Waals surface area contributed by atoms with E-state index in [1.165, 1.54) is 5.56 Å². The normalized spacial score (nSPS) is 10.5. The number of nitrogens with one attached hydrogen (secondary N) is 2. The van der Waals surface area contributed by atoms with E-state index in [1.54, 1.807) is 13.2 Å². The van der Waals surface area contributed by atoms with Crippen LogP contribution in [-0.2, 0) is 4.74 Å². The van der Waals surface area contributed by atoms with E-state index in [0.29, 0.717) is 30.5 Å². The van der Waals surface area contributed by atoms with E-state index >= 15 is 0 Å². The number of hydrogen-bond acceptors (Lipinski definition) is 5. The largest absolute Gasteiger partial charge is 0.385 e. The quantitative estimate of drug-likeness (QED) is 0.582. The Balaban J connectivity index is 1.87. The molecule has 0 saturated carbocycles. The van der Waals surface area contributed by atoms with Gasteiger partial charge in [0.2, 0.25) is 0 Å². The molecule has 0 aliphatic carbocycles. The third kappa shape index (κ3) is 5.37. The van der Waals surface area contributed by atoms with Gasteiger partial charge in [0.15, 0.2) is 5.82 Å². The highest BCUT2D eigenvalue weighted by Crippen LogP contribution is 2.21. The Bertz CT molecular complexity index is 912. The summed E-state index contributed by atoms with van der Waals surface area (Å²) in [5, 5.41) is 6.14. The Hall–Kier alpha value is -3.25. The second-order valence-electron chi connectivity index (χ2n) is 6.42. The first-order valence-electron chi connectivity index (χ1n) is 9.21. The number of benzene rings is 2. The van der Waals surface area contributed by atoms with Crippen molar-refractivity contribution in [2.75, 3.05) is 25.6 Å². The zero-order valence-corrected chi connectivity index (χ0v) is 16.1. The van der Waals surface area contributed by atoms with Crippen LogP contribution < -0.4 is 10.6 Å². The second kappa shape index (κ2) is 9.62. The highest BCUT2D eigenvalue weighted by Gasteiger charge is 2.13. The van der Waals surface area contributed by atoms with Gasteiger partial charge in [-0.1, -0.05) is 48.0 Å². The Morgan fingerprint density at radius 1 is 1.04 bits per heavy atom. The molecule has 0 bridgehead atoms. The molecule has 0 fully saturated rings. The monoisotopic (exact) mass is 376 g/mol. The number of amides is 1. The molecule has 0 aliphatic rings. The van der Waals surface area contributed by atoms with Crippen LogP contribution in [0.25, 0.3) is 11.4 Å². The van der Waals surface area contributed by atoms with E-state index < -0.39 is 0 Å². The van der Waals surface area contributed by atoms with Gasteiger partial charge in [-0.2, -0.15) is 0 Å². The maximum atomic E-state index is 12.6. The molecule has 28 heavy (non-hydrogen) atoms. The van der Waals surface area contributed by atoms with Gasteiger partial charge in [-0.25, -0.2) is 9.97 Å². The van der Waals surface area contributed by atoms with Gasteiger partial charge in [-0.3, -0.25) is 4.79 Å². The van der Waals surface area contributed by atoms with Crippen LogP contribution in [0.5, 0.6) is 0 Å². The summed E-state index contributed by atoms with van der Waals surface area (Å²) in [7, 11) is 1.64. The number of hydrogen-bond donors (Lipinski definition) is 2. The summed E-state index contributed by atoms with van der Waals surface area (Å²) in [5.41, 5.74) is 3.24. The number of ether oxygens (including phenoxy) is 1. The van der Waals surface area contributed by atoms with Gasteiger partial charge in [0.25, 0.3) is 5.91 Å². The molecule has 2 aromatic carbocycles. The fraction of sp³-hybridized carbons (Fsp3) is 0.227. The average molecular weight is 376 g/mol. The van der Waals surface area contributed by atoms with E-state index in [0.717, 1.165) is 17.7 Å². The minimum absolute atomic E-state index is 0.234. The predicted molar refractivity (Wildman–Crippen MR) is 111 cm³/mol. The van der Waals surface area contributed by atoms with E-state index in [-0.39, 0.29) is 5.91 Å². The maximum Gasteiger partial charge on any atom is 0.270 e. The molecule has 3 aromatic rings. The first kappa shape index (κ1) is 19.5. The van der Waals surface area contributed by atoms with Crippen molar-refractivity contribution in [1.82, 2.24) is 15.3 Å². The Morgan fingerprint density at radius 2 is 1.79 bits per heavy atom. The number of rotatable bonds is 8. The first-order chi connectivity index (χ1) is 13.7. The molecule has 0 atom stereocenters. The number of carbonyl (C=O) groups excluding carboxylic acids is 1. The molecule has 1 heterocycles. The summed E-state index contributed by atoms with van der Waals surface area (Å²) in [6.07, 6.45) is 0.743. The van der Waals surface area contributed by atoms with E-state index in [1.807, 2.05) is 61.5 Å². The molecule has 0 saturated heterocycles. The molecular formula is C22H24N4O2. The van der Waals surface area contributed by atoms with Crippen LogP contribution in [0.1, 0.15) is 22.5 Å². The van der Waals surface area contributed by atoms with E-state index in [4.69, 9.17) is 4.74 Å². The summed E-state index contributed by atoms with van der Waals surface area (Å²) in [6.45, 7) is 3.16. The van der Waals surface area contributed by atoms with Crippen molar-refractivity contribution < 1.29 is 9.53 Å². The molecule has 1 amide bonds. The van der Waals surface area contributed by atoms with Crippen LogP contribution in [-0.4, -0.2) is 36.1 Å². The van der Waals surface area contributed by atoms with Crippen LogP contribution >= 0.6 is 0 Å². The molecular weight excluding hydrogens is 352 g/mol. The molecule has 3 rings (SSSR count). The van der Waals surface area contributed by atoms with Crippen LogP contribution in [0.4, 0.5) is 11.5 Å². The smallest absolute Gasteiger partial charge is 0.270 e. The highest BCUT2D eigenvalue weighted by molar-refractivity contribution is 5.93. The Morgan fingerprint density at radius 3 is 2.50 bits per heavy atom. The number of nitrogens with zero attached hydrogens (tertiary/aromatic N) is 2. The van der Waals surface area contributed by atoms with E-state index in [9.17, 15) is 4.79 Å². The number of carbonyl (C=O) groups is 1. The molecule has 0 unspecified atom stereocenters. The summed E-state index contributed by atoms with van der Waals surface area (Å²) >= 11 is 0. The fourth-order valence-electron chi connectivity index (χ4n) is 2.64. The number of aromatic nitrogens is 2. The van der Waals surface area contributed by atoms with Gasteiger partial charge in [0.05, 0.1) is 0 Å². The van der Waals surface area contributed by atoms with Crippen LogP contribution in [0.2, 0.25) is 0 Å². The minimum atomic E-state index is -0.234. The summed E-state index contributed by atoms with van der Waals surface area (Å²) < 4.78 is 5.01. The van der Waals surface area contributed by atoms with Crippen molar-refractivity contribution >= 4 is 17.4 Å².